The first-order chi connectivity index (χ1) is 9.74. The Morgan fingerprint density at radius 3 is 2.90 bits per heavy atom. The minimum atomic E-state index is 0.403. The van der Waals surface area contributed by atoms with Gasteiger partial charge >= 0.3 is 0 Å². The number of para-hydroxylation sites is 1. The molecule has 1 aromatic heterocycles. The van der Waals surface area contributed by atoms with E-state index in [0.717, 1.165) is 13.0 Å². The fourth-order valence-corrected chi connectivity index (χ4v) is 1.73. The molecule has 0 aliphatic rings. The van der Waals surface area contributed by atoms with Crippen LogP contribution in [0, 0.1) is 11.3 Å². The predicted molar refractivity (Wildman–Crippen MR) is 80.3 cm³/mol. The van der Waals surface area contributed by atoms with Gasteiger partial charge in [-0.2, -0.15) is 10.2 Å². The highest BCUT2D eigenvalue weighted by atomic mass is 35.5. The number of nitrogens with zero attached hydrogens (tertiary/aromatic N) is 3. The lowest BCUT2D eigenvalue weighted by Gasteiger charge is -2.10. The summed E-state index contributed by atoms with van der Waals surface area (Å²) >= 11 is 6.08. The number of hydrogen-bond donors (Lipinski definition) is 2. The van der Waals surface area contributed by atoms with Crippen LogP contribution in [0.5, 0.6) is 0 Å². The van der Waals surface area contributed by atoms with Crippen LogP contribution in [-0.2, 0) is 0 Å². The SMILES string of the molecule is CCCNc1ncc(Cl)c(Nc2ccccc2C#N)n1. The number of rotatable bonds is 5. The van der Waals surface area contributed by atoms with Crippen LogP contribution < -0.4 is 10.6 Å². The number of halogens is 1. The van der Waals surface area contributed by atoms with Gasteiger partial charge in [-0.1, -0.05) is 30.7 Å². The van der Waals surface area contributed by atoms with Gasteiger partial charge < -0.3 is 10.6 Å². The summed E-state index contributed by atoms with van der Waals surface area (Å²) in [5.74, 6) is 0.983. The molecule has 2 aromatic rings. The molecule has 0 aliphatic carbocycles. The summed E-state index contributed by atoms with van der Waals surface area (Å²) < 4.78 is 0. The van der Waals surface area contributed by atoms with Gasteiger partial charge in [-0.15, -0.1) is 0 Å². The Labute approximate surface area is 122 Å². The first kappa shape index (κ1) is 14.1. The van der Waals surface area contributed by atoms with E-state index in [1.165, 1.54) is 6.20 Å². The Morgan fingerprint density at radius 1 is 1.35 bits per heavy atom. The van der Waals surface area contributed by atoms with Crippen LogP contribution in [0.3, 0.4) is 0 Å². The molecule has 1 aromatic carbocycles. The maximum Gasteiger partial charge on any atom is 0.224 e. The maximum atomic E-state index is 9.07. The number of hydrogen-bond acceptors (Lipinski definition) is 5. The number of benzene rings is 1. The molecule has 102 valence electrons. The van der Waals surface area contributed by atoms with E-state index in [4.69, 9.17) is 16.9 Å². The maximum absolute atomic E-state index is 9.07. The van der Waals surface area contributed by atoms with E-state index in [1.807, 2.05) is 6.07 Å². The molecule has 0 bridgehead atoms. The standard InChI is InChI=1S/C14H14ClN5/c1-2-7-17-14-18-9-11(15)13(20-14)19-12-6-4-3-5-10(12)8-16/h3-6,9H,2,7H2,1H3,(H2,17,18,19,20). The molecule has 20 heavy (non-hydrogen) atoms. The molecule has 0 unspecified atom stereocenters. The first-order valence-electron chi connectivity index (χ1n) is 6.27. The quantitative estimate of drug-likeness (QED) is 0.879. The summed E-state index contributed by atoms with van der Waals surface area (Å²) in [5, 5.41) is 15.6. The number of nitriles is 1. The average Bonchev–Trinajstić information content (AvgIpc) is 2.48. The lowest BCUT2D eigenvalue weighted by atomic mass is 10.2. The molecular formula is C14H14ClN5. The molecule has 1 heterocycles. The van der Waals surface area contributed by atoms with E-state index >= 15 is 0 Å². The van der Waals surface area contributed by atoms with Crippen molar-refractivity contribution in [2.24, 2.45) is 0 Å². The topological polar surface area (TPSA) is 73.6 Å². The highest BCUT2D eigenvalue weighted by Crippen LogP contribution is 2.25. The second-order valence-electron chi connectivity index (χ2n) is 4.10. The van der Waals surface area contributed by atoms with Gasteiger partial charge in [-0.3, -0.25) is 0 Å². The third-order valence-electron chi connectivity index (χ3n) is 2.58. The molecule has 6 heteroatoms. The van der Waals surface area contributed by atoms with Crippen LogP contribution in [-0.4, -0.2) is 16.5 Å². The largest absolute Gasteiger partial charge is 0.354 e. The van der Waals surface area contributed by atoms with Crippen molar-refractivity contribution in [3.63, 3.8) is 0 Å². The fraction of sp³-hybridized carbons (Fsp3) is 0.214. The van der Waals surface area contributed by atoms with Crippen LogP contribution in [0.15, 0.2) is 30.5 Å². The number of anilines is 3. The van der Waals surface area contributed by atoms with Crippen LogP contribution in [0.1, 0.15) is 18.9 Å². The third kappa shape index (κ3) is 3.37. The van der Waals surface area contributed by atoms with E-state index in [2.05, 4.69) is 33.6 Å². The Morgan fingerprint density at radius 2 is 2.15 bits per heavy atom. The second-order valence-corrected chi connectivity index (χ2v) is 4.51. The van der Waals surface area contributed by atoms with Gasteiger partial charge in [-0.25, -0.2) is 4.98 Å². The van der Waals surface area contributed by atoms with Crippen molar-refractivity contribution in [2.45, 2.75) is 13.3 Å². The molecular weight excluding hydrogens is 274 g/mol. The van der Waals surface area contributed by atoms with Crippen molar-refractivity contribution in [1.29, 1.82) is 5.26 Å². The van der Waals surface area contributed by atoms with Crippen molar-refractivity contribution in [3.8, 4) is 6.07 Å². The van der Waals surface area contributed by atoms with Gasteiger partial charge in [0.25, 0.3) is 0 Å². The van der Waals surface area contributed by atoms with Gasteiger partial charge in [0.05, 0.1) is 17.4 Å². The molecule has 0 fully saturated rings. The lowest BCUT2D eigenvalue weighted by molar-refractivity contribution is 0.953. The van der Waals surface area contributed by atoms with E-state index in [9.17, 15) is 0 Å². The Bertz CT molecular complexity index is 636. The third-order valence-corrected chi connectivity index (χ3v) is 2.85. The van der Waals surface area contributed by atoms with Crippen LogP contribution in [0.4, 0.5) is 17.5 Å². The van der Waals surface area contributed by atoms with E-state index in [0.29, 0.717) is 28.0 Å². The molecule has 0 saturated heterocycles. The van der Waals surface area contributed by atoms with Crippen LogP contribution in [0.2, 0.25) is 5.02 Å². The fourth-order valence-electron chi connectivity index (χ4n) is 1.59. The summed E-state index contributed by atoms with van der Waals surface area (Å²) in [7, 11) is 0. The number of nitrogens with one attached hydrogen (secondary N) is 2. The molecule has 0 amide bonds. The average molecular weight is 288 g/mol. The second kappa shape index (κ2) is 6.73. The molecule has 0 atom stereocenters. The van der Waals surface area contributed by atoms with Gasteiger partial charge in [-0.05, 0) is 18.6 Å². The molecule has 0 aliphatic heterocycles. The summed E-state index contributed by atoms with van der Waals surface area (Å²) in [5.41, 5.74) is 1.20. The zero-order valence-electron chi connectivity index (χ0n) is 11.0. The van der Waals surface area contributed by atoms with E-state index < -0.39 is 0 Å². The summed E-state index contributed by atoms with van der Waals surface area (Å²) in [6, 6.07) is 9.30. The summed E-state index contributed by atoms with van der Waals surface area (Å²) in [6.45, 7) is 2.85. The van der Waals surface area contributed by atoms with Crippen molar-refractivity contribution in [3.05, 3.63) is 41.0 Å². The molecule has 0 radical (unpaired) electrons. The minimum Gasteiger partial charge on any atom is -0.354 e. The monoisotopic (exact) mass is 287 g/mol. The first-order valence-corrected chi connectivity index (χ1v) is 6.65. The minimum absolute atomic E-state index is 0.403. The Hall–Kier alpha value is -2.32. The zero-order valence-corrected chi connectivity index (χ0v) is 11.8. The van der Waals surface area contributed by atoms with E-state index in [1.54, 1.807) is 18.2 Å². The Balaban J connectivity index is 2.26. The molecule has 2 rings (SSSR count). The van der Waals surface area contributed by atoms with Crippen molar-refractivity contribution in [1.82, 2.24) is 9.97 Å². The number of aromatic nitrogens is 2. The van der Waals surface area contributed by atoms with Crippen molar-refractivity contribution >= 4 is 29.1 Å². The molecule has 0 saturated carbocycles. The van der Waals surface area contributed by atoms with Gasteiger partial charge in [0.1, 0.15) is 11.1 Å². The molecule has 0 spiro atoms. The van der Waals surface area contributed by atoms with Crippen LogP contribution >= 0.6 is 11.6 Å². The van der Waals surface area contributed by atoms with Gasteiger partial charge in [0.2, 0.25) is 5.95 Å². The normalized spacial score (nSPS) is 9.85. The lowest BCUT2D eigenvalue weighted by Crippen LogP contribution is -2.06. The van der Waals surface area contributed by atoms with Crippen molar-refractivity contribution in [2.75, 3.05) is 17.2 Å². The van der Waals surface area contributed by atoms with Crippen LogP contribution in [0.25, 0.3) is 0 Å². The van der Waals surface area contributed by atoms with Crippen molar-refractivity contribution < 1.29 is 0 Å². The smallest absolute Gasteiger partial charge is 0.224 e. The Kier molecular flexibility index (Phi) is 4.75. The highest BCUT2D eigenvalue weighted by molar-refractivity contribution is 6.32. The molecule has 2 N–H and O–H groups in total. The summed E-state index contributed by atoms with van der Waals surface area (Å²) in [6.07, 6.45) is 2.51. The zero-order chi connectivity index (χ0) is 14.4. The van der Waals surface area contributed by atoms with Gasteiger partial charge in [0, 0.05) is 6.54 Å². The summed E-state index contributed by atoms with van der Waals surface area (Å²) in [4.78, 5) is 8.41. The predicted octanol–water partition coefficient (Wildman–Crippen LogP) is 3.57. The molecule has 5 nitrogen and oxygen atoms in total. The highest BCUT2D eigenvalue weighted by Gasteiger charge is 2.08. The van der Waals surface area contributed by atoms with E-state index in [-0.39, 0.29) is 0 Å². The van der Waals surface area contributed by atoms with Gasteiger partial charge in [0.15, 0.2) is 5.82 Å².